The SMILES string of the molecule is CC(O)CCN(C)C(=O)Nc1ccc(C(C)N)cc1. The summed E-state index contributed by atoms with van der Waals surface area (Å²) in [4.78, 5) is 13.4. The lowest BCUT2D eigenvalue weighted by Gasteiger charge is -2.19. The van der Waals surface area contributed by atoms with E-state index >= 15 is 0 Å². The molecule has 0 saturated carbocycles. The second-order valence-corrected chi connectivity index (χ2v) is 4.90. The lowest BCUT2D eigenvalue weighted by atomic mass is 10.1. The number of aliphatic hydroxyl groups excluding tert-OH is 1. The van der Waals surface area contributed by atoms with Gasteiger partial charge in [0.15, 0.2) is 0 Å². The first kappa shape index (κ1) is 15.5. The minimum absolute atomic E-state index is 0.0153. The third-order valence-corrected chi connectivity index (χ3v) is 2.92. The van der Waals surface area contributed by atoms with Crippen molar-refractivity contribution >= 4 is 11.7 Å². The quantitative estimate of drug-likeness (QED) is 0.761. The number of carbonyl (C=O) groups is 1. The van der Waals surface area contributed by atoms with Crippen LogP contribution < -0.4 is 11.1 Å². The average molecular weight is 265 g/mol. The zero-order chi connectivity index (χ0) is 14.4. The maximum Gasteiger partial charge on any atom is 0.321 e. The molecule has 0 spiro atoms. The summed E-state index contributed by atoms with van der Waals surface area (Å²) in [5.74, 6) is 0. The number of carbonyl (C=O) groups excluding carboxylic acids is 1. The van der Waals surface area contributed by atoms with E-state index in [1.54, 1.807) is 18.9 Å². The van der Waals surface area contributed by atoms with Gasteiger partial charge >= 0.3 is 6.03 Å². The molecule has 4 N–H and O–H groups in total. The van der Waals surface area contributed by atoms with Crippen molar-refractivity contribution in [3.8, 4) is 0 Å². The summed E-state index contributed by atoms with van der Waals surface area (Å²) < 4.78 is 0. The van der Waals surface area contributed by atoms with Crippen LogP contribution in [0.2, 0.25) is 0 Å². The molecule has 0 aliphatic rings. The number of nitrogens with zero attached hydrogens (tertiary/aromatic N) is 1. The van der Waals surface area contributed by atoms with Gasteiger partial charge in [0.05, 0.1) is 6.10 Å². The van der Waals surface area contributed by atoms with Crippen molar-refractivity contribution in [1.29, 1.82) is 0 Å². The molecule has 0 heterocycles. The highest BCUT2D eigenvalue weighted by Gasteiger charge is 2.09. The number of amides is 2. The molecule has 1 aromatic rings. The molecule has 0 saturated heterocycles. The largest absolute Gasteiger partial charge is 0.393 e. The van der Waals surface area contributed by atoms with E-state index in [2.05, 4.69) is 5.32 Å². The molecule has 5 nitrogen and oxygen atoms in total. The monoisotopic (exact) mass is 265 g/mol. The molecule has 2 amide bonds. The van der Waals surface area contributed by atoms with Crippen molar-refractivity contribution in [2.24, 2.45) is 5.73 Å². The summed E-state index contributed by atoms with van der Waals surface area (Å²) >= 11 is 0. The molecule has 0 aliphatic heterocycles. The van der Waals surface area contributed by atoms with Crippen molar-refractivity contribution < 1.29 is 9.90 Å². The van der Waals surface area contributed by atoms with E-state index in [-0.39, 0.29) is 12.1 Å². The van der Waals surface area contributed by atoms with E-state index < -0.39 is 6.10 Å². The fourth-order valence-corrected chi connectivity index (χ4v) is 1.57. The molecule has 0 radical (unpaired) electrons. The van der Waals surface area contributed by atoms with Gasteiger partial charge in [-0.15, -0.1) is 0 Å². The van der Waals surface area contributed by atoms with Crippen LogP contribution in [0, 0.1) is 0 Å². The fraction of sp³-hybridized carbons (Fsp3) is 0.500. The summed E-state index contributed by atoms with van der Waals surface area (Å²) in [6.07, 6.45) is 0.161. The number of urea groups is 1. The molecular weight excluding hydrogens is 242 g/mol. The number of anilines is 1. The first-order chi connectivity index (χ1) is 8.90. The van der Waals surface area contributed by atoms with Gasteiger partial charge in [0.1, 0.15) is 0 Å². The molecule has 1 rings (SSSR count). The normalized spacial score (nSPS) is 13.7. The highest BCUT2D eigenvalue weighted by Crippen LogP contribution is 2.14. The zero-order valence-electron chi connectivity index (χ0n) is 11.8. The van der Waals surface area contributed by atoms with Crippen LogP contribution in [0.1, 0.15) is 31.9 Å². The molecule has 0 aliphatic carbocycles. The van der Waals surface area contributed by atoms with Crippen molar-refractivity contribution in [3.05, 3.63) is 29.8 Å². The summed E-state index contributed by atoms with van der Waals surface area (Å²) in [7, 11) is 1.70. The number of hydrogen-bond donors (Lipinski definition) is 3. The number of nitrogens with two attached hydrogens (primary N) is 1. The molecular formula is C14H23N3O2. The summed E-state index contributed by atoms with van der Waals surface area (Å²) in [6.45, 7) is 4.14. The van der Waals surface area contributed by atoms with E-state index in [1.165, 1.54) is 0 Å². The molecule has 0 bridgehead atoms. The summed E-state index contributed by atoms with van der Waals surface area (Å²) in [5, 5.41) is 12.0. The molecule has 1 aromatic carbocycles. The number of benzene rings is 1. The molecule has 2 unspecified atom stereocenters. The Labute approximate surface area is 114 Å². The third-order valence-electron chi connectivity index (χ3n) is 2.92. The number of rotatable bonds is 5. The van der Waals surface area contributed by atoms with Gasteiger partial charge in [0.2, 0.25) is 0 Å². The van der Waals surface area contributed by atoms with Gasteiger partial charge in [-0.2, -0.15) is 0 Å². The minimum atomic E-state index is -0.402. The summed E-state index contributed by atoms with van der Waals surface area (Å²) in [5.41, 5.74) is 7.52. The van der Waals surface area contributed by atoms with E-state index in [0.717, 1.165) is 11.3 Å². The van der Waals surface area contributed by atoms with Crippen LogP contribution in [0.15, 0.2) is 24.3 Å². The van der Waals surface area contributed by atoms with Crippen molar-refractivity contribution in [3.63, 3.8) is 0 Å². The standard InChI is InChI=1S/C14H23N3O2/c1-10(18)8-9-17(3)14(19)16-13-6-4-12(5-7-13)11(2)15/h4-7,10-11,18H,8-9,15H2,1-3H3,(H,16,19). The number of hydrogen-bond acceptors (Lipinski definition) is 3. The van der Waals surface area contributed by atoms with E-state index in [4.69, 9.17) is 5.73 Å². The second-order valence-electron chi connectivity index (χ2n) is 4.90. The predicted octanol–water partition coefficient (Wildman–Crippen LogP) is 1.94. The van der Waals surface area contributed by atoms with Crippen LogP contribution in [0.5, 0.6) is 0 Å². The van der Waals surface area contributed by atoms with Gasteiger partial charge in [0, 0.05) is 25.3 Å². The Hall–Kier alpha value is -1.59. The lowest BCUT2D eigenvalue weighted by Crippen LogP contribution is -2.33. The minimum Gasteiger partial charge on any atom is -0.393 e. The second kappa shape index (κ2) is 7.11. The van der Waals surface area contributed by atoms with Crippen molar-refractivity contribution in [1.82, 2.24) is 4.90 Å². The van der Waals surface area contributed by atoms with Gasteiger partial charge in [-0.3, -0.25) is 0 Å². The molecule has 19 heavy (non-hydrogen) atoms. The molecule has 0 fully saturated rings. The molecule has 5 heteroatoms. The van der Waals surface area contributed by atoms with Gasteiger partial charge in [-0.05, 0) is 38.0 Å². The predicted molar refractivity (Wildman–Crippen MR) is 77.0 cm³/mol. The highest BCUT2D eigenvalue weighted by atomic mass is 16.3. The highest BCUT2D eigenvalue weighted by molar-refractivity contribution is 5.89. The Kier molecular flexibility index (Phi) is 5.79. The smallest absolute Gasteiger partial charge is 0.321 e. The van der Waals surface area contributed by atoms with Crippen molar-refractivity contribution in [2.75, 3.05) is 18.9 Å². The number of nitrogens with one attached hydrogen (secondary N) is 1. The van der Waals surface area contributed by atoms with Gasteiger partial charge < -0.3 is 21.1 Å². The van der Waals surface area contributed by atoms with Crippen LogP contribution in [-0.4, -0.2) is 35.7 Å². The van der Waals surface area contributed by atoms with Crippen molar-refractivity contribution in [2.45, 2.75) is 32.4 Å². The average Bonchev–Trinajstić information content (AvgIpc) is 2.36. The van der Waals surface area contributed by atoms with Crippen LogP contribution >= 0.6 is 0 Å². The molecule has 106 valence electrons. The van der Waals surface area contributed by atoms with Gasteiger partial charge in [-0.25, -0.2) is 4.79 Å². The Morgan fingerprint density at radius 3 is 2.42 bits per heavy atom. The Morgan fingerprint density at radius 1 is 1.37 bits per heavy atom. The van der Waals surface area contributed by atoms with Gasteiger partial charge in [0.25, 0.3) is 0 Å². The lowest BCUT2D eigenvalue weighted by molar-refractivity contribution is 0.167. The maximum absolute atomic E-state index is 11.9. The van der Waals surface area contributed by atoms with Crippen LogP contribution in [0.25, 0.3) is 0 Å². The van der Waals surface area contributed by atoms with E-state index in [1.807, 2.05) is 31.2 Å². The Bertz CT molecular complexity index is 402. The van der Waals surface area contributed by atoms with Gasteiger partial charge in [-0.1, -0.05) is 12.1 Å². The number of aliphatic hydroxyl groups is 1. The van der Waals surface area contributed by atoms with Crippen LogP contribution in [0.3, 0.4) is 0 Å². The van der Waals surface area contributed by atoms with E-state index in [0.29, 0.717) is 13.0 Å². The van der Waals surface area contributed by atoms with Crippen LogP contribution in [0.4, 0.5) is 10.5 Å². The molecule has 0 aromatic heterocycles. The topological polar surface area (TPSA) is 78.6 Å². The first-order valence-corrected chi connectivity index (χ1v) is 6.46. The zero-order valence-corrected chi connectivity index (χ0v) is 11.8. The Morgan fingerprint density at radius 2 is 1.95 bits per heavy atom. The third kappa shape index (κ3) is 5.28. The summed E-state index contributed by atoms with van der Waals surface area (Å²) in [6, 6.07) is 7.26. The van der Waals surface area contributed by atoms with E-state index in [9.17, 15) is 9.90 Å². The first-order valence-electron chi connectivity index (χ1n) is 6.46. The maximum atomic E-state index is 11.9. The Balaban J connectivity index is 2.51. The fourth-order valence-electron chi connectivity index (χ4n) is 1.57. The molecule has 2 atom stereocenters. The van der Waals surface area contributed by atoms with Crippen LogP contribution in [-0.2, 0) is 0 Å².